The van der Waals surface area contributed by atoms with Crippen LogP contribution in [-0.2, 0) is 4.74 Å². The van der Waals surface area contributed by atoms with Gasteiger partial charge >= 0.3 is 6.09 Å². The molecule has 0 aromatic carbocycles. The number of hydrogen-bond acceptors (Lipinski definition) is 4. The first-order chi connectivity index (χ1) is 9.87. The predicted molar refractivity (Wildman–Crippen MR) is 86.7 cm³/mol. The van der Waals surface area contributed by atoms with Gasteiger partial charge in [0.25, 0.3) is 0 Å². The van der Waals surface area contributed by atoms with Crippen LogP contribution in [0.15, 0.2) is 17.5 Å². The van der Waals surface area contributed by atoms with Gasteiger partial charge in [-0.25, -0.2) is 4.79 Å². The molecule has 2 atom stereocenters. The van der Waals surface area contributed by atoms with Crippen LogP contribution in [0.25, 0.3) is 0 Å². The molecule has 0 bridgehead atoms. The zero-order valence-corrected chi connectivity index (χ0v) is 14.2. The van der Waals surface area contributed by atoms with Gasteiger partial charge in [-0.1, -0.05) is 6.07 Å². The zero-order valence-electron chi connectivity index (χ0n) is 13.4. The first-order valence-corrected chi connectivity index (χ1v) is 8.51. The number of alkyl carbamates (subject to hydrolysis) is 1. The molecule has 0 unspecified atom stereocenters. The van der Waals surface area contributed by atoms with Crippen LogP contribution >= 0.6 is 11.3 Å². The minimum absolute atomic E-state index is 0.321. The molecular weight excluding hydrogens is 284 g/mol. The summed E-state index contributed by atoms with van der Waals surface area (Å²) in [6.07, 6.45) is 2.00. The molecule has 4 nitrogen and oxygen atoms in total. The van der Waals surface area contributed by atoms with Crippen molar-refractivity contribution < 1.29 is 9.53 Å². The third-order valence-electron chi connectivity index (χ3n) is 3.76. The molecule has 1 aromatic rings. The second-order valence-electron chi connectivity index (χ2n) is 6.61. The second-order valence-corrected chi connectivity index (χ2v) is 7.59. The Morgan fingerprint density at radius 1 is 1.57 bits per heavy atom. The normalized spacial score (nSPS) is 21.2. The molecule has 1 N–H and O–H groups in total. The van der Waals surface area contributed by atoms with E-state index >= 15 is 0 Å². The topological polar surface area (TPSA) is 41.6 Å². The number of rotatable bonds is 4. The van der Waals surface area contributed by atoms with Crippen molar-refractivity contribution in [2.75, 3.05) is 13.1 Å². The molecule has 2 heterocycles. The molecule has 0 spiro atoms. The van der Waals surface area contributed by atoms with Crippen LogP contribution in [0.3, 0.4) is 0 Å². The molecule has 1 fully saturated rings. The predicted octanol–water partition coefficient (Wildman–Crippen LogP) is 3.80. The van der Waals surface area contributed by atoms with E-state index in [1.54, 1.807) is 11.3 Å². The SMILES string of the molecule is C[C@@H](c1cccs1)N1CCC[C@@H]1CNC(=O)OC(C)(C)C. The van der Waals surface area contributed by atoms with Crippen LogP contribution in [-0.4, -0.2) is 35.7 Å². The fourth-order valence-corrected chi connectivity index (χ4v) is 3.60. The molecule has 1 aliphatic rings. The van der Waals surface area contributed by atoms with E-state index in [-0.39, 0.29) is 6.09 Å². The number of ether oxygens (including phenoxy) is 1. The van der Waals surface area contributed by atoms with E-state index in [4.69, 9.17) is 4.74 Å². The second kappa shape index (κ2) is 6.79. The molecule has 2 rings (SSSR count). The number of hydrogen-bond donors (Lipinski definition) is 1. The third kappa shape index (κ3) is 4.71. The lowest BCUT2D eigenvalue weighted by Crippen LogP contribution is -2.42. The maximum atomic E-state index is 11.8. The average molecular weight is 310 g/mol. The van der Waals surface area contributed by atoms with Crippen molar-refractivity contribution in [1.82, 2.24) is 10.2 Å². The van der Waals surface area contributed by atoms with Crippen molar-refractivity contribution >= 4 is 17.4 Å². The smallest absolute Gasteiger partial charge is 0.407 e. The Kier molecular flexibility index (Phi) is 5.27. The van der Waals surface area contributed by atoms with Crippen molar-refractivity contribution in [3.63, 3.8) is 0 Å². The van der Waals surface area contributed by atoms with Gasteiger partial charge < -0.3 is 10.1 Å². The molecule has 0 aliphatic carbocycles. The van der Waals surface area contributed by atoms with Crippen LogP contribution in [0.4, 0.5) is 4.79 Å². The summed E-state index contributed by atoms with van der Waals surface area (Å²) in [5.74, 6) is 0. The summed E-state index contributed by atoms with van der Waals surface area (Å²) >= 11 is 1.80. The summed E-state index contributed by atoms with van der Waals surface area (Å²) in [5.41, 5.74) is -0.441. The van der Waals surface area contributed by atoms with Crippen molar-refractivity contribution in [1.29, 1.82) is 0 Å². The van der Waals surface area contributed by atoms with E-state index in [1.165, 1.54) is 11.3 Å². The zero-order chi connectivity index (χ0) is 15.5. The lowest BCUT2D eigenvalue weighted by molar-refractivity contribution is 0.0508. The van der Waals surface area contributed by atoms with E-state index in [2.05, 4.69) is 34.7 Å². The maximum absolute atomic E-state index is 11.8. The van der Waals surface area contributed by atoms with E-state index in [1.807, 2.05) is 20.8 Å². The first-order valence-electron chi connectivity index (χ1n) is 7.63. The Bertz CT molecular complexity index is 453. The van der Waals surface area contributed by atoms with Crippen LogP contribution in [0.5, 0.6) is 0 Å². The van der Waals surface area contributed by atoms with Gasteiger partial charge in [0.05, 0.1) is 0 Å². The van der Waals surface area contributed by atoms with Crippen LogP contribution in [0, 0.1) is 0 Å². The number of likely N-dealkylation sites (tertiary alicyclic amines) is 1. The van der Waals surface area contributed by atoms with Gasteiger partial charge in [-0.15, -0.1) is 11.3 Å². The summed E-state index contributed by atoms with van der Waals surface area (Å²) in [6.45, 7) is 9.65. The average Bonchev–Trinajstić information content (AvgIpc) is 3.05. The molecular formula is C16H26N2O2S. The molecule has 1 amide bonds. The monoisotopic (exact) mass is 310 g/mol. The van der Waals surface area contributed by atoms with E-state index in [9.17, 15) is 4.79 Å². The standard InChI is InChI=1S/C16H26N2O2S/c1-12(14-8-6-10-21-14)18-9-5-7-13(18)11-17-15(19)20-16(2,3)4/h6,8,10,12-13H,5,7,9,11H2,1-4H3,(H,17,19)/t12-,13+/m0/s1. The van der Waals surface area contributed by atoms with Gasteiger partial charge in [0.2, 0.25) is 0 Å². The molecule has 21 heavy (non-hydrogen) atoms. The van der Waals surface area contributed by atoms with Gasteiger partial charge in [0.1, 0.15) is 5.60 Å². The van der Waals surface area contributed by atoms with Gasteiger partial charge in [-0.3, -0.25) is 4.90 Å². The number of carbonyl (C=O) groups excluding carboxylic acids is 1. The summed E-state index contributed by atoms with van der Waals surface area (Å²) in [7, 11) is 0. The Morgan fingerprint density at radius 3 is 2.95 bits per heavy atom. The molecule has 5 heteroatoms. The van der Waals surface area contributed by atoms with Crippen LogP contribution in [0.1, 0.15) is 51.5 Å². The molecule has 1 aromatic heterocycles. The first kappa shape index (κ1) is 16.3. The minimum Gasteiger partial charge on any atom is -0.444 e. The van der Waals surface area contributed by atoms with Gasteiger partial charge in [-0.05, 0) is 58.5 Å². The fourth-order valence-electron chi connectivity index (χ4n) is 2.79. The Hall–Kier alpha value is -1.07. The van der Waals surface area contributed by atoms with Crippen molar-refractivity contribution in [2.45, 2.75) is 58.2 Å². The van der Waals surface area contributed by atoms with Crippen molar-refractivity contribution in [2.24, 2.45) is 0 Å². The van der Waals surface area contributed by atoms with Crippen molar-refractivity contribution in [3.05, 3.63) is 22.4 Å². The summed E-state index contributed by atoms with van der Waals surface area (Å²) < 4.78 is 5.30. The number of nitrogens with one attached hydrogen (secondary N) is 1. The Balaban J connectivity index is 1.86. The quantitative estimate of drug-likeness (QED) is 0.919. The highest BCUT2D eigenvalue weighted by molar-refractivity contribution is 7.10. The lowest BCUT2D eigenvalue weighted by Gasteiger charge is -2.30. The highest BCUT2D eigenvalue weighted by atomic mass is 32.1. The summed E-state index contributed by atoms with van der Waals surface area (Å²) in [4.78, 5) is 15.6. The summed E-state index contributed by atoms with van der Waals surface area (Å²) in [5, 5.41) is 5.03. The lowest BCUT2D eigenvalue weighted by atomic mass is 10.1. The highest BCUT2D eigenvalue weighted by Gasteiger charge is 2.30. The largest absolute Gasteiger partial charge is 0.444 e. The number of amides is 1. The number of carbonyl (C=O) groups is 1. The molecule has 1 saturated heterocycles. The molecule has 1 aliphatic heterocycles. The van der Waals surface area contributed by atoms with Gasteiger partial charge in [-0.2, -0.15) is 0 Å². The summed E-state index contributed by atoms with van der Waals surface area (Å²) in [6, 6.07) is 5.10. The molecule has 0 radical (unpaired) electrons. The van der Waals surface area contributed by atoms with E-state index < -0.39 is 5.60 Å². The fraction of sp³-hybridized carbons (Fsp3) is 0.688. The Morgan fingerprint density at radius 2 is 2.33 bits per heavy atom. The third-order valence-corrected chi connectivity index (χ3v) is 4.80. The van der Waals surface area contributed by atoms with Crippen molar-refractivity contribution in [3.8, 4) is 0 Å². The van der Waals surface area contributed by atoms with E-state index in [0.717, 1.165) is 13.0 Å². The maximum Gasteiger partial charge on any atom is 0.407 e. The molecule has 118 valence electrons. The number of thiophene rings is 1. The highest BCUT2D eigenvalue weighted by Crippen LogP contribution is 2.31. The number of nitrogens with zero attached hydrogens (tertiary/aromatic N) is 1. The van der Waals surface area contributed by atoms with Crippen LogP contribution < -0.4 is 5.32 Å². The van der Waals surface area contributed by atoms with Crippen LogP contribution in [0.2, 0.25) is 0 Å². The van der Waals surface area contributed by atoms with Gasteiger partial charge in [0, 0.05) is 23.5 Å². The van der Waals surface area contributed by atoms with E-state index in [0.29, 0.717) is 18.6 Å². The minimum atomic E-state index is -0.441. The van der Waals surface area contributed by atoms with Gasteiger partial charge in [0.15, 0.2) is 0 Å². The molecule has 0 saturated carbocycles. The Labute approximate surface area is 131 Å².